The van der Waals surface area contributed by atoms with Gasteiger partial charge in [-0.3, -0.25) is 4.79 Å². The molecule has 3 rings (SSSR count). The van der Waals surface area contributed by atoms with Crippen LogP contribution in [0.1, 0.15) is 50.2 Å². The minimum absolute atomic E-state index is 0.0170. The third kappa shape index (κ3) is 3.08. The van der Waals surface area contributed by atoms with Crippen molar-refractivity contribution in [2.24, 2.45) is 0 Å². The van der Waals surface area contributed by atoms with Crippen molar-refractivity contribution in [1.29, 1.82) is 0 Å². The number of hydrogen-bond donors (Lipinski definition) is 1. The number of ketones is 1. The summed E-state index contributed by atoms with van der Waals surface area (Å²) in [5.74, 6) is 1.23. The molecule has 0 fully saturated rings. The summed E-state index contributed by atoms with van der Waals surface area (Å²) in [5.41, 5.74) is 2.53. The molecule has 2 aromatic heterocycles. The lowest BCUT2D eigenvalue weighted by Gasteiger charge is -2.19. The Morgan fingerprint density at radius 2 is 2.30 bits per heavy atom. The number of furan rings is 1. The lowest BCUT2D eigenvalue weighted by atomic mass is 9.84. The standard InChI is InChI=1S/C17H19NO4S/c1-10-15-12(18-16(10)17(20)22-6-7-23-2)8-11(9-13(15)19)14-4-3-5-21-14/h3-5,11,18H,6-9H2,1-2H3/t11-/m0/s1. The average Bonchev–Trinajstić information content (AvgIpc) is 3.15. The van der Waals surface area contributed by atoms with Gasteiger partial charge in [0.1, 0.15) is 18.1 Å². The van der Waals surface area contributed by atoms with Crippen molar-refractivity contribution in [2.75, 3.05) is 18.6 Å². The van der Waals surface area contributed by atoms with E-state index in [-0.39, 0.29) is 11.7 Å². The van der Waals surface area contributed by atoms with Crippen molar-refractivity contribution in [1.82, 2.24) is 4.98 Å². The lowest BCUT2D eigenvalue weighted by molar-refractivity contribution is 0.0523. The van der Waals surface area contributed by atoms with Gasteiger partial charge in [0.2, 0.25) is 0 Å². The molecule has 2 aromatic rings. The third-order valence-corrected chi connectivity index (χ3v) is 4.73. The number of thioether (sulfide) groups is 1. The van der Waals surface area contributed by atoms with Crippen molar-refractivity contribution < 1.29 is 18.7 Å². The quantitative estimate of drug-likeness (QED) is 0.671. The molecular weight excluding hydrogens is 314 g/mol. The Morgan fingerprint density at radius 1 is 1.48 bits per heavy atom. The van der Waals surface area contributed by atoms with Gasteiger partial charge in [-0.05, 0) is 37.3 Å². The molecule has 0 saturated heterocycles. The largest absolute Gasteiger partial charge is 0.469 e. The molecule has 0 aliphatic heterocycles. The van der Waals surface area contributed by atoms with E-state index in [4.69, 9.17) is 9.15 Å². The number of ether oxygens (including phenoxy) is 1. The van der Waals surface area contributed by atoms with E-state index in [9.17, 15) is 9.59 Å². The first-order valence-electron chi connectivity index (χ1n) is 7.56. The molecule has 5 nitrogen and oxygen atoms in total. The van der Waals surface area contributed by atoms with Gasteiger partial charge >= 0.3 is 5.97 Å². The molecule has 0 unspecified atom stereocenters. The van der Waals surface area contributed by atoms with Crippen LogP contribution in [-0.4, -0.2) is 35.4 Å². The second-order valence-electron chi connectivity index (χ2n) is 5.65. The van der Waals surface area contributed by atoms with Gasteiger partial charge in [-0.1, -0.05) is 0 Å². The minimum atomic E-state index is -0.395. The maximum atomic E-state index is 12.5. The third-order valence-electron chi connectivity index (χ3n) is 4.16. The molecule has 0 spiro atoms. The number of carbonyl (C=O) groups is 2. The first-order chi connectivity index (χ1) is 11.1. The van der Waals surface area contributed by atoms with Crippen LogP contribution in [-0.2, 0) is 11.2 Å². The number of H-pyrrole nitrogens is 1. The highest BCUT2D eigenvalue weighted by Crippen LogP contribution is 2.35. The van der Waals surface area contributed by atoms with Crippen LogP contribution >= 0.6 is 11.8 Å². The van der Waals surface area contributed by atoms with E-state index >= 15 is 0 Å². The predicted molar refractivity (Wildman–Crippen MR) is 88.3 cm³/mol. The number of rotatable bonds is 5. The molecule has 0 aromatic carbocycles. The molecule has 1 N–H and O–H groups in total. The second kappa shape index (κ2) is 6.66. The Hall–Kier alpha value is -1.95. The molecule has 0 bridgehead atoms. The van der Waals surface area contributed by atoms with E-state index in [1.54, 1.807) is 24.9 Å². The number of aromatic nitrogens is 1. The highest BCUT2D eigenvalue weighted by atomic mass is 32.2. The summed E-state index contributed by atoms with van der Waals surface area (Å²) in [6.07, 6.45) is 4.64. The molecule has 6 heteroatoms. The van der Waals surface area contributed by atoms with Crippen molar-refractivity contribution in [3.63, 3.8) is 0 Å². The second-order valence-corrected chi connectivity index (χ2v) is 6.64. The molecule has 2 heterocycles. The number of carbonyl (C=O) groups excluding carboxylic acids is 2. The first kappa shape index (κ1) is 15.9. The number of hydrogen-bond acceptors (Lipinski definition) is 5. The highest BCUT2D eigenvalue weighted by molar-refractivity contribution is 7.98. The summed E-state index contributed by atoms with van der Waals surface area (Å²) < 4.78 is 10.7. The zero-order valence-corrected chi connectivity index (χ0v) is 14.0. The van der Waals surface area contributed by atoms with Crippen LogP contribution in [0.2, 0.25) is 0 Å². The summed E-state index contributed by atoms with van der Waals surface area (Å²) in [5, 5.41) is 0. The summed E-state index contributed by atoms with van der Waals surface area (Å²) in [6, 6.07) is 3.71. The molecule has 1 aliphatic rings. The summed E-state index contributed by atoms with van der Waals surface area (Å²) >= 11 is 1.62. The van der Waals surface area contributed by atoms with E-state index in [1.807, 2.05) is 18.4 Å². The Bertz CT molecular complexity index is 717. The Kier molecular flexibility index (Phi) is 4.61. The van der Waals surface area contributed by atoms with E-state index < -0.39 is 5.97 Å². The van der Waals surface area contributed by atoms with Crippen molar-refractivity contribution in [3.05, 3.63) is 46.7 Å². The molecule has 122 valence electrons. The number of nitrogens with one attached hydrogen (secondary N) is 1. The molecule has 23 heavy (non-hydrogen) atoms. The zero-order chi connectivity index (χ0) is 16.4. The number of Topliss-reactive ketones (excluding diaryl/α,β-unsaturated/α-hetero) is 1. The fourth-order valence-corrected chi connectivity index (χ4v) is 3.30. The maximum Gasteiger partial charge on any atom is 0.355 e. The van der Waals surface area contributed by atoms with Crippen molar-refractivity contribution >= 4 is 23.5 Å². The van der Waals surface area contributed by atoms with Crippen LogP contribution in [0.5, 0.6) is 0 Å². The van der Waals surface area contributed by atoms with Crippen LogP contribution in [0.15, 0.2) is 22.8 Å². The monoisotopic (exact) mass is 333 g/mol. The van der Waals surface area contributed by atoms with E-state index in [0.29, 0.717) is 36.3 Å². The SMILES string of the molecule is CSCCOC(=O)c1[nH]c2c(c1C)C(=O)C[C@@H](c1ccco1)C2. The van der Waals surface area contributed by atoms with Crippen LogP contribution in [0.25, 0.3) is 0 Å². The summed E-state index contributed by atoms with van der Waals surface area (Å²) in [7, 11) is 0. The highest BCUT2D eigenvalue weighted by Gasteiger charge is 2.33. The fourth-order valence-electron chi connectivity index (χ4n) is 3.05. The van der Waals surface area contributed by atoms with Gasteiger partial charge in [0.25, 0.3) is 0 Å². The van der Waals surface area contributed by atoms with Crippen LogP contribution in [0.3, 0.4) is 0 Å². The van der Waals surface area contributed by atoms with Crippen LogP contribution in [0, 0.1) is 6.92 Å². The van der Waals surface area contributed by atoms with Gasteiger partial charge in [0.15, 0.2) is 5.78 Å². The topological polar surface area (TPSA) is 72.3 Å². The molecular formula is C17H19NO4S. The zero-order valence-electron chi connectivity index (χ0n) is 13.2. The minimum Gasteiger partial charge on any atom is -0.469 e. The number of esters is 1. The van der Waals surface area contributed by atoms with Gasteiger partial charge in [-0.2, -0.15) is 11.8 Å². The Balaban J connectivity index is 1.84. The van der Waals surface area contributed by atoms with E-state index in [2.05, 4.69) is 4.98 Å². The van der Waals surface area contributed by atoms with Crippen molar-refractivity contribution in [2.45, 2.75) is 25.7 Å². The van der Waals surface area contributed by atoms with Gasteiger partial charge in [0, 0.05) is 29.3 Å². The smallest absolute Gasteiger partial charge is 0.355 e. The number of aromatic amines is 1. The lowest BCUT2D eigenvalue weighted by Crippen LogP contribution is -2.18. The Morgan fingerprint density at radius 3 is 3.00 bits per heavy atom. The van der Waals surface area contributed by atoms with Crippen LogP contribution in [0.4, 0.5) is 0 Å². The molecule has 0 radical (unpaired) electrons. The number of fused-ring (bicyclic) bond motifs is 1. The molecule has 0 amide bonds. The average molecular weight is 333 g/mol. The molecule has 0 saturated carbocycles. The molecule has 1 aliphatic carbocycles. The molecule has 1 atom stereocenters. The fraction of sp³-hybridized carbons (Fsp3) is 0.412. The van der Waals surface area contributed by atoms with Gasteiger partial charge in [-0.25, -0.2) is 4.79 Å². The predicted octanol–water partition coefficient (Wildman–Crippen LogP) is 3.35. The summed E-state index contributed by atoms with van der Waals surface area (Å²) in [4.78, 5) is 27.8. The Labute approximate surface area is 138 Å². The summed E-state index contributed by atoms with van der Waals surface area (Å²) in [6.45, 7) is 2.16. The normalized spacial score (nSPS) is 17.1. The van der Waals surface area contributed by atoms with E-state index in [1.165, 1.54) is 0 Å². The maximum absolute atomic E-state index is 12.5. The van der Waals surface area contributed by atoms with Crippen molar-refractivity contribution in [3.8, 4) is 0 Å². The first-order valence-corrected chi connectivity index (χ1v) is 8.95. The van der Waals surface area contributed by atoms with Gasteiger partial charge < -0.3 is 14.1 Å². The van der Waals surface area contributed by atoms with E-state index in [0.717, 1.165) is 17.2 Å². The van der Waals surface area contributed by atoms with Gasteiger partial charge in [-0.15, -0.1) is 0 Å². The van der Waals surface area contributed by atoms with Crippen LogP contribution < -0.4 is 0 Å². The van der Waals surface area contributed by atoms with Gasteiger partial charge in [0.05, 0.1) is 6.26 Å².